The summed E-state index contributed by atoms with van der Waals surface area (Å²) in [5, 5.41) is 0. The van der Waals surface area contributed by atoms with E-state index in [1.807, 2.05) is 32.0 Å². The van der Waals surface area contributed by atoms with Gasteiger partial charge in [0.15, 0.2) is 11.5 Å². The highest BCUT2D eigenvalue weighted by Gasteiger charge is 2.18. The molecule has 6 heteroatoms. The van der Waals surface area contributed by atoms with E-state index >= 15 is 0 Å². The molecule has 0 aliphatic heterocycles. The number of hydrogen-bond donors (Lipinski definition) is 1. The third-order valence-electron chi connectivity index (χ3n) is 3.75. The summed E-state index contributed by atoms with van der Waals surface area (Å²) in [6.07, 6.45) is 0.750. The van der Waals surface area contributed by atoms with Gasteiger partial charge in [-0.1, -0.05) is 25.1 Å². The highest BCUT2D eigenvalue weighted by Crippen LogP contribution is 2.26. The zero-order chi connectivity index (χ0) is 16.6. The van der Waals surface area contributed by atoms with Gasteiger partial charge in [0.1, 0.15) is 5.52 Å². The fourth-order valence-corrected chi connectivity index (χ4v) is 3.74. The van der Waals surface area contributed by atoms with Crippen molar-refractivity contribution in [3.05, 3.63) is 53.4 Å². The first-order chi connectivity index (χ1) is 10.9. The molecule has 0 fully saturated rings. The van der Waals surface area contributed by atoms with E-state index in [-0.39, 0.29) is 4.90 Å². The van der Waals surface area contributed by atoms with Crippen LogP contribution < -0.4 is 4.72 Å². The number of aromatic nitrogens is 1. The van der Waals surface area contributed by atoms with Crippen molar-refractivity contribution in [3.63, 3.8) is 0 Å². The van der Waals surface area contributed by atoms with Crippen LogP contribution in [0, 0.1) is 13.8 Å². The summed E-state index contributed by atoms with van der Waals surface area (Å²) >= 11 is 0. The third kappa shape index (κ3) is 2.94. The van der Waals surface area contributed by atoms with Crippen molar-refractivity contribution in [2.45, 2.75) is 32.1 Å². The Morgan fingerprint density at radius 2 is 1.96 bits per heavy atom. The van der Waals surface area contributed by atoms with Crippen LogP contribution >= 0.6 is 0 Å². The Morgan fingerprint density at radius 1 is 1.17 bits per heavy atom. The topological polar surface area (TPSA) is 72.2 Å². The molecule has 1 N–H and O–H groups in total. The molecular weight excluding hydrogens is 312 g/mol. The molecule has 120 valence electrons. The fraction of sp³-hybridized carbons (Fsp3) is 0.235. The number of oxazole rings is 1. The lowest BCUT2D eigenvalue weighted by Gasteiger charge is -2.14. The summed E-state index contributed by atoms with van der Waals surface area (Å²) in [6, 6.07) is 10.4. The van der Waals surface area contributed by atoms with Crippen molar-refractivity contribution in [2.24, 2.45) is 0 Å². The van der Waals surface area contributed by atoms with Gasteiger partial charge in [-0.05, 0) is 36.6 Å². The smallest absolute Gasteiger partial charge is 0.262 e. The van der Waals surface area contributed by atoms with Crippen molar-refractivity contribution in [3.8, 4) is 0 Å². The van der Waals surface area contributed by atoms with Gasteiger partial charge in [-0.25, -0.2) is 13.4 Å². The normalized spacial score (nSPS) is 11.8. The van der Waals surface area contributed by atoms with Gasteiger partial charge in [-0.15, -0.1) is 0 Å². The zero-order valence-electron chi connectivity index (χ0n) is 13.3. The maximum atomic E-state index is 12.7. The van der Waals surface area contributed by atoms with Gasteiger partial charge in [0.25, 0.3) is 10.0 Å². The van der Waals surface area contributed by atoms with Crippen molar-refractivity contribution in [1.29, 1.82) is 0 Å². The van der Waals surface area contributed by atoms with Crippen LogP contribution in [-0.2, 0) is 16.4 Å². The standard InChI is InChI=1S/C17H18N2O3S/c1-4-13-7-5-6-11(2)17(13)19-23(20,21)14-8-9-15-16(10-14)22-12(3)18-15/h5-10,19H,4H2,1-3H3. The Labute approximate surface area is 135 Å². The van der Waals surface area contributed by atoms with Crippen LogP contribution in [0.25, 0.3) is 11.1 Å². The van der Waals surface area contributed by atoms with Crippen molar-refractivity contribution in [2.75, 3.05) is 4.72 Å². The fourth-order valence-electron chi connectivity index (χ4n) is 2.55. The minimum absolute atomic E-state index is 0.159. The van der Waals surface area contributed by atoms with E-state index in [9.17, 15) is 8.42 Å². The van der Waals surface area contributed by atoms with Crippen LogP contribution in [0.4, 0.5) is 5.69 Å². The molecule has 0 aliphatic rings. The molecule has 0 aliphatic carbocycles. The van der Waals surface area contributed by atoms with E-state index in [2.05, 4.69) is 9.71 Å². The quantitative estimate of drug-likeness (QED) is 0.789. The number of sulfonamides is 1. The lowest BCUT2D eigenvalue weighted by Crippen LogP contribution is -2.15. The third-order valence-corrected chi connectivity index (χ3v) is 5.10. The molecule has 0 saturated carbocycles. The number of hydrogen-bond acceptors (Lipinski definition) is 4. The molecule has 5 nitrogen and oxygen atoms in total. The van der Waals surface area contributed by atoms with Gasteiger partial charge in [-0.3, -0.25) is 4.72 Å². The molecule has 1 aromatic heterocycles. The van der Waals surface area contributed by atoms with E-state index in [1.54, 1.807) is 13.0 Å². The summed E-state index contributed by atoms with van der Waals surface area (Å²) < 4.78 is 33.5. The molecule has 2 aromatic carbocycles. The van der Waals surface area contributed by atoms with Crippen LogP contribution in [0.1, 0.15) is 23.9 Å². The first-order valence-corrected chi connectivity index (χ1v) is 8.87. The summed E-state index contributed by atoms with van der Waals surface area (Å²) in [4.78, 5) is 4.34. The molecule has 0 atom stereocenters. The Bertz CT molecular complexity index is 975. The number of nitrogens with zero attached hydrogens (tertiary/aromatic N) is 1. The molecule has 0 saturated heterocycles. The van der Waals surface area contributed by atoms with Crippen LogP contribution in [-0.4, -0.2) is 13.4 Å². The first-order valence-electron chi connectivity index (χ1n) is 7.39. The second kappa shape index (κ2) is 5.70. The predicted molar refractivity (Wildman–Crippen MR) is 90.1 cm³/mol. The number of fused-ring (bicyclic) bond motifs is 1. The predicted octanol–water partition coefficient (Wildman–Crippen LogP) is 3.81. The average Bonchev–Trinajstić information content (AvgIpc) is 2.88. The number of nitrogens with one attached hydrogen (secondary N) is 1. The molecule has 3 aromatic rings. The molecule has 1 heterocycles. The molecule has 3 rings (SSSR count). The second-order valence-corrected chi connectivity index (χ2v) is 7.11. The minimum Gasteiger partial charge on any atom is -0.441 e. The molecule has 0 amide bonds. The van der Waals surface area contributed by atoms with Gasteiger partial charge in [0.2, 0.25) is 0 Å². The van der Waals surface area contributed by atoms with Crippen LogP contribution in [0.2, 0.25) is 0 Å². The molecule has 0 spiro atoms. The number of anilines is 1. The largest absolute Gasteiger partial charge is 0.441 e. The minimum atomic E-state index is -3.69. The van der Waals surface area contributed by atoms with Crippen molar-refractivity contribution < 1.29 is 12.8 Å². The van der Waals surface area contributed by atoms with E-state index in [4.69, 9.17) is 4.42 Å². The van der Waals surface area contributed by atoms with E-state index in [0.29, 0.717) is 22.7 Å². The first kappa shape index (κ1) is 15.6. The molecule has 23 heavy (non-hydrogen) atoms. The van der Waals surface area contributed by atoms with Gasteiger partial charge < -0.3 is 4.42 Å². The van der Waals surface area contributed by atoms with Crippen molar-refractivity contribution >= 4 is 26.8 Å². The highest BCUT2D eigenvalue weighted by atomic mass is 32.2. The van der Waals surface area contributed by atoms with Crippen LogP contribution in [0.15, 0.2) is 45.7 Å². The monoisotopic (exact) mass is 330 g/mol. The summed E-state index contributed by atoms with van der Waals surface area (Å²) in [7, 11) is -3.69. The Balaban J connectivity index is 2.04. The van der Waals surface area contributed by atoms with Gasteiger partial charge in [-0.2, -0.15) is 0 Å². The highest BCUT2D eigenvalue weighted by molar-refractivity contribution is 7.92. The summed E-state index contributed by atoms with van der Waals surface area (Å²) in [5.74, 6) is 0.509. The molecule has 0 bridgehead atoms. The number of benzene rings is 2. The van der Waals surface area contributed by atoms with Crippen LogP contribution in [0.3, 0.4) is 0 Å². The Kier molecular flexibility index (Phi) is 3.85. The van der Waals surface area contributed by atoms with Crippen LogP contribution in [0.5, 0.6) is 0 Å². The summed E-state index contributed by atoms with van der Waals surface area (Å²) in [5.41, 5.74) is 3.61. The number of para-hydroxylation sites is 1. The summed E-state index contributed by atoms with van der Waals surface area (Å²) in [6.45, 7) is 5.61. The van der Waals surface area contributed by atoms with Gasteiger partial charge >= 0.3 is 0 Å². The van der Waals surface area contributed by atoms with E-state index in [1.165, 1.54) is 12.1 Å². The average molecular weight is 330 g/mol. The maximum Gasteiger partial charge on any atom is 0.262 e. The zero-order valence-corrected chi connectivity index (χ0v) is 14.1. The van der Waals surface area contributed by atoms with Crippen molar-refractivity contribution in [1.82, 2.24) is 4.98 Å². The Morgan fingerprint density at radius 3 is 2.70 bits per heavy atom. The molecule has 0 radical (unpaired) electrons. The molecule has 0 unspecified atom stereocenters. The van der Waals surface area contributed by atoms with Gasteiger partial charge in [0.05, 0.1) is 10.6 Å². The second-order valence-electron chi connectivity index (χ2n) is 5.43. The molecular formula is C17H18N2O3S. The van der Waals surface area contributed by atoms with E-state index < -0.39 is 10.0 Å². The van der Waals surface area contributed by atoms with Gasteiger partial charge in [0, 0.05) is 13.0 Å². The lowest BCUT2D eigenvalue weighted by atomic mass is 10.1. The number of aryl methyl sites for hydroxylation is 3. The maximum absolute atomic E-state index is 12.7. The number of rotatable bonds is 4. The SMILES string of the molecule is CCc1cccc(C)c1NS(=O)(=O)c1ccc2nc(C)oc2c1. The Hall–Kier alpha value is -2.34. The lowest BCUT2D eigenvalue weighted by molar-refractivity contribution is 0.559. The van der Waals surface area contributed by atoms with E-state index in [0.717, 1.165) is 17.5 Å².